The van der Waals surface area contributed by atoms with Crippen LogP contribution in [0.15, 0.2) is 6.07 Å². The van der Waals surface area contributed by atoms with Gasteiger partial charge in [0.05, 0.1) is 0 Å². The van der Waals surface area contributed by atoms with Crippen molar-refractivity contribution in [2.75, 3.05) is 6.54 Å². The highest BCUT2D eigenvalue weighted by Gasteiger charge is 2.19. The highest BCUT2D eigenvalue weighted by Crippen LogP contribution is 2.27. The highest BCUT2D eigenvalue weighted by molar-refractivity contribution is 7.12. The van der Waals surface area contributed by atoms with Crippen LogP contribution < -0.4 is 5.32 Å². The molecule has 0 saturated heterocycles. The van der Waals surface area contributed by atoms with Crippen LogP contribution in [0.2, 0.25) is 0 Å². The Labute approximate surface area is 117 Å². The molecule has 1 atom stereocenters. The van der Waals surface area contributed by atoms with E-state index in [2.05, 4.69) is 59.8 Å². The average molecular weight is 267 g/mol. The number of nitrogens with one attached hydrogen (secondary N) is 1. The van der Waals surface area contributed by atoms with Crippen LogP contribution in [-0.2, 0) is 0 Å². The Balaban J connectivity index is 2.60. The molecule has 0 saturated carbocycles. The quantitative estimate of drug-likeness (QED) is 0.769. The van der Waals surface area contributed by atoms with Crippen molar-refractivity contribution in [3.8, 4) is 0 Å². The van der Waals surface area contributed by atoms with E-state index in [-0.39, 0.29) is 0 Å². The number of thiophene rings is 1. The molecule has 1 N–H and O–H groups in total. The monoisotopic (exact) mass is 267 g/mol. The van der Waals surface area contributed by atoms with Crippen molar-refractivity contribution >= 4 is 11.3 Å². The van der Waals surface area contributed by atoms with Crippen molar-refractivity contribution < 1.29 is 0 Å². The molecule has 0 aliphatic rings. The molecular weight excluding hydrogens is 238 g/mol. The second kappa shape index (κ2) is 6.72. The van der Waals surface area contributed by atoms with E-state index in [4.69, 9.17) is 0 Å². The van der Waals surface area contributed by atoms with Gasteiger partial charge in [-0.1, -0.05) is 27.7 Å². The molecule has 1 aromatic rings. The standard InChI is InChI=1S/C16H29NS/c1-10(2)16(11(3)4)9-17-13(6)15-8-12(5)18-14(15)7/h8,10-11,13,16-17H,9H2,1-7H3. The van der Waals surface area contributed by atoms with E-state index in [1.54, 1.807) is 0 Å². The van der Waals surface area contributed by atoms with E-state index in [9.17, 15) is 0 Å². The summed E-state index contributed by atoms with van der Waals surface area (Å²) in [5.74, 6) is 2.25. The van der Waals surface area contributed by atoms with E-state index in [1.165, 1.54) is 15.3 Å². The molecule has 1 nitrogen and oxygen atoms in total. The van der Waals surface area contributed by atoms with Gasteiger partial charge in [0.1, 0.15) is 0 Å². The fourth-order valence-electron chi connectivity index (χ4n) is 2.74. The second-order valence-corrected chi connectivity index (χ2v) is 7.61. The minimum atomic E-state index is 0.468. The van der Waals surface area contributed by atoms with Crippen LogP contribution in [0.3, 0.4) is 0 Å². The SMILES string of the molecule is Cc1cc(C(C)NCC(C(C)C)C(C)C)c(C)s1. The summed E-state index contributed by atoms with van der Waals surface area (Å²) in [6.45, 7) is 17.1. The predicted molar refractivity (Wildman–Crippen MR) is 83.4 cm³/mol. The number of hydrogen-bond acceptors (Lipinski definition) is 2. The molecule has 18 heavy (non-hydrogen) atoms. The van der Waals surface area contributed by atoms with Gasteiger partial charge >= 0.3 is 0 Å². The lowest BCUT2D eigenvalue weighted by Crippen LogP contribution is -2.31. The van der Waals surface area contributed by atoms with Crippen molar-refractivity contribution in [1.29, 1.82) is 0 Å². The molecule has 104 valence electrons. The largest absolute Gasteiger partial charge is 0.310 e. The van der Waals surface area contributed by atoms with Crippen molar-refractivity contribution in [3.05, 3.63) is 21.4 Å². The summed E-state index contributed by atoms with van der Waals surface area (Å²) in [4.78, 5) is 2.87. The molecule has 0 aliphatic carbocycles. The van der Waals surface area contributed by atoms with Gasteiger partial charge in [0.2, 0.25) is 0 Å². The Morgan fingerprint density at radius 2 is 1.61 bits per heavy atom. The molecule has 2 heteroatoms. The fourth-order valence-corrected chi connectivity index (χ4v) is 3.77. The van der Waals surface area contributed by atoms with Crippen LogP contribution in [0.25, 0.3) is 0 Å². The smallest absolute Gasteiger partial charge is 0.0302 e. The maximum Gasteiger partial charge on any atom is 0.0302 e. The third-order valence-electron chi connectivity index (χ3n) is 3.92. The summed E-state index contributed by atoms with van der Waals surface area (Å²) in [6.07, 6.45) is 0. The van der Waals surface area contributed by atoms with E-state index < -0.39 is 0 Å². The van der Waals surface area contributed by atoms with Gasteiger partial charge in [0, 0.05) is 15.8 Å². The summed E-state index contributed by atoms with van der Waals surface area (Å²) in [5, 5.41) is 3.72. The molecule has 1 rings (SSSR count). The molecule has 0 fully saturated rings. The zero-order chi connectivity index (χ0) is 13.9. The number of rotatable bonds is 6. The van der Waals surface area contributed by atoms with Crippen LogP contribution in [0.4, 0.5) is 0 Å². The first-order valence-electron chi connectivity index (χ1n) is 7.13. The molecule has 0 bridgehead atoms. The third kappa shape index (κ3) is 4.10. The summed E-state index contributed by atoms with van der Waals surface area (Å²) < 4.78 is 0. The molecular formula is C16H29NS. The van der Waals surface area contributed by atoms with Gasteiger partial charge in [-0.15, -0.1) is 11.3 Å². The van der Waals surface area contributed by atoms with E-state index in [0.717, 1.165) is 24.3 Å². The van der Waals surface area contributed by atoms with E-state index >= 15 is 0 Å². The predicted octanol–water partition coefficient (Wildman–Crippen LogP) is 4.94. The summed E-state index contributed by atoms with van der Waals surface area (Å²) in [5.41, 5.74) is 1.48. The van der Waals surface area contributed by atoms with Gasteiger partial charge in [-0.2, -0.15) is 0 Å². The molecule has 0 amide bonds. The molecule has 0 radical (unpaired) electrons. The Morgan fingerprint density at radius 1 is 1.06 bits per heavy atom. The van der Waals surface area contributed by atoms with Crippen molar-refractivity contribution in [2.45, 2.75) is 54.5 Å². The van der Waals surface area contributed by atoms with Gasteiger partial charge in [-0.25, -0.2) is 0 Å². The average Bonchev–Trinajstić information content (AvgIpc) is 2.56. The fraction of sp³-hybridized carbons (Fsp3) is 0.750. The number of hydrogen-bond donors (Lipinski definition) is 1. The first-order valence-corrected chi connectivity index (χ1v) is 7.94. The third-order valence-corrected chi connectivity index (χ3v) is 4.90. The first-order chi connectivity index (χ1) is 8.32. The molecule has 1 unspecified atom stereocenters. The maximum atomic E-state index is 3.72. The van der Waals surface area contributed by atoms with Crippen molar-refractivity contribution in [3.63, 3.8) is 0 Å². The van der Waals surface area contributed by atoms with Gasteiger partial charge in [-0.05, 0) is 56.7 Å². The minimum Gasteiger partial charge on any atom is -0.310 e. The molecule has 0 aromatic carbocycles. The highest BCUT2D eigenvalue weighted by atomic mass is 32.1. The van der Waals surface area contributed by atoms with E-state index in [1.807, 2.05) is 11.3 Å². The van der Waals surface area contributed by atoms with E-state index in [0.29, 0.717) is 6.04 Å². The van der Waals surface area contributed by atoms with Gasteiger partial charge < -0.3 is 5.32 Å². The molecule has 1 heterocycles. The second-order valence-electron chi connectivity index (χ2n) is 6.15. The van der Waals surface area contributed by atoms with Crippen molar-refractivity contribution in [2.24, 2.45) is 17.8 Å². The minimum absolute atomic E-state index is 0.468. The lowest BCUT2D eigenvalue weighted by atomic mass is 9.85. The lowest BCUT2D eigenvalue weighted by molar-refractivity contribution is 0.268. The van der Waals surface area contributed by atoms with Crippen LogP contribution in [-0.4, -0.2) is 6.54 Å². The summed E-state index contributed by atoms with van der Waals surface area (Å²) in [7, 11) is 0. The number of aryl methyl sites for hydroxylation is 2. The molecule has 0 aliphatic heterocycles. The lowest BCUT2D eigenvalue weighted by Gasteiger charge is -2.27. The zero-order valence-electron chi connectivity index (χ0n) is 13.0. The Bertz CT molecular complexity index is 357. The Kier molecular flexibility index (Phi) is 5.87. The van der Waals surface area contributed by atoms with Gasteiger partial charge in [-0.3, -0.25) is 0 Å². The topological polar surface area (TPSA) is 12.0 Å². The zero-order valence-corrected chi connectivity index (χ0v) is 13.8. The normalized spacial score (nSPS) is 13.9. The Morgan fingerprint density at radius 3 is 2.00 bits per heavy atom. The van der Waals surface area contributed by atoms with Crippen LogP contribution in [0.5, 0.6) is 0 Å². The maximum absolute atomic E-state index is 3.72. The van der Waals surface area contributed by atoms with Gasteiger partial charge in [0.25, 0.3) is 0 Å². The molecule has 1 aromatic heterocycles. The van der Waals surface area contributed by atoms with Crippen molar-refractivity contribution in [1.82, 2.24) is 5.32 Å². The molecule has 0 spiro atoms. The first kappa shape index (κ1) is 15.7. The van der Waals surface area contributed by atoms with Gasteiger partial charge in [0.15, 0.2) is 0 Å². The van der Waals surface area contributed by atoms with Crippen LogP contribution in [0, 0.1) is 31.6 Å². The summed E-state index contributed by atoms with van der Waals surface area (Å²) >= 11 is 1.90. The van der Waals surface area contributed by atoms with Crippen LogP contribution in [0.1, 0.15) is 56.0 Å². The van der Waals surface area contributed by atoms with Crippen LogP contribution >= 0.6 is 11.3 Å². The Hall–Kier alpha value is -0.340. The summed E-state index contributed by atoms with van der Waals surface area (Å²) in [6, 6.07) is 2.80.